The lowest BCUT2D eigenvalue weighted by atomic mass is 9.92. The first-order valence-electron chi connectivity index (χ1n) is 6.66. The molecule has 0 heterocycles. The van der Waals surface area contributed by atoms with E-state index in [1.807, 2.05) is 6.92 Å². The first-order valence-corrected chi connectivity index (χ1v) is 6.66. The Hall–Kier alpha value is -1.10. The van der Waals surface area contributed by atoms with Crippen LogP contribution in [0.2, 0.25) is 0 Å². The van der Waals surface area contributed by atoms with Gasteiger partial charge in [0, 0.05) is 6.42 Å². The van der Waals surface area contributed by atoms with Gasteiger partial charge in [0.05, 0.1) is 0 Å². The van der Waals surface area contributed by atoms with E-state index in [0.29, 0.717) is 31.7 Å². The molecule has 0 saturated heterocycles. The van der Waals surface area contributed by atoms with Gasteiger partial charge >= 0.3 is 5.97 Å². The summed E-state index contributed by atoms with van der Waals surface area (Å²) in [6.45, 7) is 6.21. The van der Waals surface area contributed by atoms with Crippen LogP contribution in [0.4, 0.5) is 0 Å². The molecule has 5 heteroatoms. The van der Waals surface area contributed by atoms with Crippen LogP contribution in [0.5, 0.6) is 0 Å². The van der Waals surface area contributed by atoms with Crippen molar-refractivity contribution < 1.29 is 14.7 Å². The van der Waals surface area contributed by atoms with E-state index in [9.17, 15) is 14.7 Å². The zero-order valence-corrected chi connectivity index (χ0v) is 11.7. The van der Waals surface area contributed by atoms with Gasteiger partial charge in [0.25, 0.3) is 0 Å². The van der Waals surface area contributed by atoms with Gasteiger partial charge in [-0.1, -0.05) is 20.8 Å². The molecule has 0 spiro atoms. The number of hydrogen-bond acceptors (Lipinski definition) is 3. The van der Waals surface area contributed by atoms with Crippen molar-refractivity contribution in [2.45, 2.75) is 58.4 Å². The molecule has 5 nitrogen and oxygen atoms in total. The number of amides is 1. The van der Waals surface area contributed by atoms with Crippen LogP contribution in [0, 0.1) is 5.92 Å². The van der Waals surface area contributed by atoms with Gasteiger partial charge < -0.3 is 16.2 Å². The molecule has 1 amide bonds. The molecule has 18 heavy (non-hydrogen) atoms. The standard InChI is InChI=1S/C13H26N2O3/c1-4-13(5-2,12(17)18)15-11(16)7-6-10(3)8-9-14/h10H,4-9,14H2,1-3H3,(H,15,16)(H,17,18). The fraction of sp³-hybridized carbons (Fsp3) is 0.846. The van der Waals surface area contributed by atoms with Crippen LogP contribution in [0.25, 0.3) is 0 Å². The van der Waals surface area contributed by atoms with E-state index >= 15 is 0 Å². The lowest BCUT2D eigenvalue weighted by molar-refractivity contribution is -0.148. The van der Waals surface area contributed by atoms with Crippen molar-refractivity contribution in [3.63, 3.8) is 0 Å². The summed E-state index contributed by atoms with van der Waals surface area (Å²) >= 11 is 0. The number of carboxylic acids is 1. The maximum atomic E-state index is 11.8. The molecule has 0 aliphatic heterocycles. The van der Waals surface area contributed by atoms with Crippen LogP contribution >= 0.6 is 0 Å². The highest BCUT2D eigenvalue weighted by Crippen LogP contribution is 2.17. The van der Waals surface area contributed by atoms with Gasteiger partial charge in [-0.15, -0.1) is 0 Å². The van der Waals surface area contributed by atoms with Gasteiger partial charge in [-0.3, -0.25) is 4.79 Å². The summed E-state index contributed by atoms with van der Waals surface area (Å²) in [5.74, 6) is -0.760. The van der Waals surface area contributed by atoms with Crippen LogP contribution < -0.4 is 11.1 Å². The summed E-state index contributed by atoms with van der Waals surface area (Å²) in [6.07, 6.45) is 2.77. The molecular weight excluding hydrogens is 232 g/mol. The molecule has 106 valence electrons. The number of aliphatic carboxylic acids is 1. The number of hydrogen-bond donors (Lipinski definition) is 3. The van der Waals surface area contributed by atoms with E-state index in [2.05, 4.69) is 5.32 Å². The fourth-order valence-corrected chi connectivity index (χ4v) is 1.92. The summed E-state index contributed by atoms with van der Waals surface area (Å²) in [7, 11) is 0. The summed E-state index contributed by atoms with van der Waals surface area (Å²) in [4.78, 5) is 23.0. The van der Waals surface area contributed by atoms with Crippen LogP contribution in [0.3, 0.4) is 0 Å². The number of carboxylic acid groups (broad SMARTS) is 1. The Labute approximate surface area is 109 Å². The normalized spacial score (nSPS) is 13.1. The number of rotatable bonds is 9. The molecule has 0 bridgehead atoms. The zero-order chi connectivity index (χ0) is 14.2. The Bertz CT molecular complexity index is 275. The molecule has 0 aromatic heterocycles. The van der Waals surface area contributed by atoms with Gasteiger partial charge in [-0.25, -0.2) is 4.79 Å². The maximum Gasteiger partial charge on any atom is 0.329 e. The lowest BCUT2D eigenvalue weighted by Gasteiger charge is -2.28. The number of nitrogens with two attached hydrogens (primary N) is 1. The van der Waals surface area contributed by atoms with Crippen molar-refractivity contribution in [2.24, 2.45) is 11.7 Å². The Balaban J connectivity index is 4.32. The molecule has 0 rings (SSSR count). The van der Waals surface area contributed by atoms with Gasteiger partial charge in [-0.05, 0) is 38.1 Å². The Kier molecular flexibility index (Phi) is 7.59. The van der Waals surface area contributed by atoms with Gasteiger partial charge in [0.15, 0.2) is 0 Å². The summed E-state index contributed by atoms with van der Waals surface area (Å²) in [6, 6.07) is 0. The van der Waals surface area contributed by atoms with Crippen molar-refractivity contribution in [3.05, 3.63) is 0 Å². The predicted octanol–water partition coefficient (Wildman–Crippen LogP) is 1.51. The second kappa shape index (κ2) is 8.08. The van der Waals surface area contributed by atoms with Crippen LogP contribution in [-0.4, -0.2) is 29.1 Å². The largest absolute Gasteiger partial charge is 0.480 e. The van der Waals surface area contributed by atoms with Crippen LogP contribution in [0.15, 0.2) is 0 Å². The third kappa shape index (κ3) is 5.04. The predicted molar refractivity (Wildman–Crippen MR) is 71.2 cm³/mol. The molecule has 4 N–H and O–H groups in total. The summed E-state index contributed by atoms with van der Waals surface area (Å²) in [5.41, 5.74) is 4.33. The van der Waals surface area contributed by atoms with E-state index in [-0.39, 0.29) is 5.91 Å². The molecule has 0 saturated carbocycles. The first-order chi connectivity index (χ1) is 8.41. The summed E-state index contributed by atoms with van der Waals surface area (Å²) < 4.78 is 0. The van der Waals surface area contributed by atoms with E-state index in [1.165, 1.54) is 0 Å². The molecule has 1 atom stereocenters. The fourth-order valence-electron chi connectivity index (χ4n) is 1.92. The van der Waals surface area contributed by atoms with E-state index in [4.69, 9.17) is 5.73 Å². The minimum absolute atomic E-state index is 0.190. The number of carbonyl (C=O) groups excluding carboxylic acids is 1. The zero-order valence-electron chi connectivity index (χ0n) is 11.7. The van der Waals surface area contributed by atoms with E-state index in [0.717, 1.165) is 12.8 Å². The minimum atomic E-state index is -1.12. The molecule has 0 aliphatic carbocycles. The first kappa shape index (κ1) is 16.9. The van der Waals surface area contributed by atoms with Crippen LogP contribution in [0.1, 0.15) is 52.9 Å². The highest BCUT2D eigenvalue weighted by Gasteiger charge is 2.36. The Morgan fingerprint density at radius 1 is 1.28 bits per heavy atom. The quantitative estimate of drug-likeness (QED) is 0.584. The van der Waals surface area contributed by atoms with Crippen molar-refractivity contribution >= 4 is 11.9 Å². The second-order valence-electron chi connectivity index (χ2n) is 4.86. The third-order valence-electron chi connectivity index (χ3n) is 3.52. The number of carbonyl (C=O) groups is 2. The average Bonchev–Trinajstić information content (AvgIpc) is 2.33. The van der Waals surface area contributed by atoms with Crippen molar-refractivity contribution in [3.8, 4) is 0 Å². The van der Waals surface area contributed by atoms with Gasteiger partial charge in [0.2, 0.25) is 5.91 Å². The smallest absolute Gasteiger partial charge is 0.329 e. The molecule has 0 aromatic rings. The molecule has 0 radical (unpaired) electrons. The molecule has 1 unspecified atom stereocenters. The highest BCUT2D eigenvalue weighted by molar-refractivity contribution is 5.86. The Morgan fingerprint density at radius 2 is 1.83 bits per heavy atom. The maximum absolute atomic E-state index is 11.8. The Morgan fingerprint density at radius 3 is 2.22 bits per heavy atom. The van der Waals surface area contributed by atoms with E-state index in [1.54, 1.807) is 13.8 Å². The summed E-state index contributed by atoms with van der Waals surface area (Å²) in [5, 5.41) is 11.9. The van der Waals surface area contributed by atoms with Gasteiger partial charge in [0.1, 0.15) is 5.54 Å². The molecular formula is C13H26N2O3. The molecule has 0 fully saturated rings. The van der Waals surface area contributed by atoms with Gasteiger partial charge in [-0.2, -0.15) is 0 Å². The molecule has 0 aliphatic rings. The second-order valence-corrected chi connectivity index (χ2v) is 4.86. The van der Waals surface area contributed by atoms with Crippen molar-refractivity contribution in [1.29, 1.82) is 0 Å². The van der Waals surface area contributed by atoms with Crippen molar-refractivity contribution in [2.75, 3.05) is 6.54 Å². The minimum Gasteiger partial charge on any atom is -0.480 e. The monoisotopic (exact) mass is 258 g/mol. The highest BCUT2D eigenvalue weighted by atomic mass is 16.4. The SMILES string of the molecule is CCC(CC)(NC(=O)CCC(C)CCN)C(=O)O. The topological polar surface area (TPSA) is 92.4 Å². The van der Waals surface area contributed by atoms with E-state index < -0.39 is 11.5 Å². The molecule has 0 aromatic carbocycles. The lowest BCUT2D eigenvalue weighted by Crippen LogP contribution is -2.53. The number of nitrogens with one attached hydrogen (secondary N) is 1. The third-order valence-corrected chi connectivity index (χ3v) is 3.52. The van der Waals surface area contributed by atoms with Crippen molar-refractivity contribution in [1.82, 2.24) is 5.32 Å². The average molecular weight is 258 g/mol. The van der Waals surface area contributed by atoms with Crippen LogP contribution in [-0.2, 0) is 9.59 Å².